The normalized spacial score (nSPS) is 13.6. The van der Waals surface area contributed by atoms with Gasteiger partial charge in [-0.25, -0.2) is 0 Å². The molecule has 0 bridgehead atoms. The molecule has 90 valence electrons. The fraction of sp³-hybridized carbons (Fsp3) is 0.500. The van der Waals surface area contributed by atoms with Gasteiger partial charge in [-0.3, -0.25) is 0 Å². The van der Waals surface area contributed by atoms with Crippen molar-refractivity contribution in [3.8, 4) is 11.5 Å². The molecule has 0 aliphatic rings. The molecule has 0 spiro atoms. The van der Waals surface area contributed by atoms with Crippen LogP contribution in [0.15, 0.2) is 16.6 Å². The van der Waals surface area contributed by atoms with Gasteiger partial charge in [0.25, 0.3) is 0 Å². The number of phenols is 1. The van der Waals surface area contributed by atoms with Crippen LogP contribution in [0.2, 0.25) is 0 Å². The highest BCUT2D eigenvalue weighted by Gasteiger charge is 2.26. The molecule has 0 amide bonds. The van der Waals surface area contributed by atoms with Crippen molar-refractivity contribution in [2.24, 2.45) is 11.1 Å². The minimum Gasteiger partial charge on any atom is -0.506 e. The molecular formula is C12H18BrNO2. The molecule has 4 heteroatoms. The number of methoxy groups -OCH3 is 1. The maximum atomic E-state index is 9.97. The van der Waals surface area contributed by atoms with Gasteiger partial charge in [0, 0.05) is 11.6 Å². The average molecular weight is 288 g/mol. The van der Waals surface area contributed by atoms with Crippen LogP contribution in [-0.4, -0.2) is 12.2 Å². The number of nitrogens with two attached hydrogens (primary N) is 1. The van der Waals surface area contributed by atoms with Crippen LogP contribution < -0.4 is 10.5 Å². The molecule has 0 saturated heterocycles. The summed E-state index contributed by atoms with van der Waals surface area (Å²) in [6.07, 6.45) is 0. The van der Waals surface area contributed by atoms with E-state index in [4.69, 9.17) is 10.5 Å². The Bertz CT molecular complexity index is 385. The average Bonchev–Trinajstić information content (AvgIpc) is 2.19. The van der Waals surface area contributed by atoms with E-state index < -0.39 is 0 Å². The van der Waals surface area contributed by atoms with Crippen molar-refractivity contribution >= 4 is 15.9 Å². The lowest BCUT2D eigenvalue weighted by Crippen LogP contribution is -2.26. The van der Waals surface area contributed by atoms with Crippen molar-refractivity contribution in [3.63, 3.8) is 0 Å². The molecule has 3 N–H and O–H groups in total. The third-order valence-corrected chi connectivity index (χ3v) is 3.17. The number of phenolic OH excluding ortho intramolecular Hbond substituents is 1. The summed E-state index contributed by atoms with van der Waals surface area (Å²) in [6.45, 7) is 6.10. The topological polar surface area (TPSA) is 55.5 Å². The predicted molar refractivity (Wildman–Crippen MR) is 68.7 cm³/mol. The Morgan fingerprint density at radius 1 is 1.38 bits per heavy atom. The Kier molecular flexibility index (Phi) is 3.86. The molecule has 16 heavy (non-hydrogen) atoms. The summed E-state index contributed by atoms with van der Waals surface area (Å²) in [5, 5.41) is 9.97. The van der Waals surface area contributed by atoms with Gasteiger partial charge in [-0.15, -0.1) is 0 Å². The van der Waals surface area contributed by atoms with E-state index in [-0.39, 0.29) is 17.2 Å². The number of ether oxygens (including phenoxy) is 1. The number of hydrogen-bond donors (Lipinski definition) is 2. The quantitative estimate of drug-likeness (QED) is 0.878. The molecule has 1 atom stereocenters. The highest BCUT2D eigenvalue weighted by atomic mass is 79.9. The zero-order valence-corrected chi connectivity index (χ0v) is 11.6. The van der Waals surface area contributed by atoms with E-state index in [1.807, 2.05) is 20.8 Å². The lowest BCUT2D eigenvalue weighted by molar-refractivity contribution is 0.315. The first kappa shape index (κ1) is 13.3. The van der Waals surface area contributed by atoms with Crippen LogP contribution in [0.3, 0.4) is 0 Å². The molecule has 1 aromatic carbocycles. The molecule has 0 saturated carbocycles. The van der Waals surface area contributed by atoms with Gasteiger partial charge in [-0.1, -0.05) is 20.8 Å². The van der Waals surface area contributed by atoms with Gasteiger partial charge in [0.05, 0.1) is 11.6 Å². The summed E-state index contributed by atoms with van der Waals surface area (Å²) >= 11 is 3.29. The van der Waals surface area contributed by atoms with E-state index in [0.29, 0.717) is 15.8 Å². The predicted octanol–water partition coefficient (Wildman–Crippen LogP) is 3.21. The molecule has 0 aliphatic carbocycles. The molecule has 0 radical (unpaired) electrons. The SMILES string of the molecule is COc1cc(Br)c(O)c([C@H](N)C(C)(C)C)c1. The summed E-state index contributed by atoms with van der Waals surface area (Å²) < 4.78 is 5.76. The number of hydrogen-bond acceptors (Lipinski definition) is 3. The van der Waals surface area contributed by atoms with Gasteiger partial charge in [0.2, 0.25) is 0 Å². The smallest absolute Gasteiger partial charge is 0.134 e. The van der Waals surface area contributed by atoms with Crippen LogP contribution in [0, 0.1) is 5.41 Å². The molecule has 0 aromatic heterocycles. The highest BCUT2D eigenvalue weighted by Crippen LogP contribution is 2.40. The van der Waals surface area contributed by atoms with Crippen molar-refractivity contribution in [3.05, 3.63) is 22.2 Å². The fourth-order valence-electron chi connectivity index (χ4n) is 1.42. The Morgan fingerprint density at radius 3 is 2.38 bits per heavy atom. The third-order valence-electron chi connectivity index (χ3n) is 2.57. The van der Waals surface area contributed by atoms with Crippen molar-refractivity contribution < 1.29 is 9.84 Å². The minimum absolute atomic E-state index is 0.122. The van der Waals surface area contributed by atoms with Gasteiger partial charge in [-0.05, 0) is 33.5 Å². The summed E-state index contributed by atoms with van der Waals surface area (Å²) in [5.41, 5.74) is 6.70. The van der Waals surface area contributed by atoms with Gasteiger partial charge in [-0.2, -0.15) is 0 Å². The van der Waals surface area contributed by atoms with E-state index in [1.165, 1.54) is 0 Å². The minimum atomic E-state index is -0.251. The lowest BCUT2D eigenvalue weighted by Gasteiger charge is -2.28. The number of aromatic hydroxyl groups is 1. The molecule has 0 unspecified atom stereocenters. The van der Waals surface area contributed by atoms with Gasteiger partial charge in [0.1, 0.15) is 11.5 Å². The zero-order chi connectivity index (χ0) is 12.5. The highest BCUT2D eigenvalue weighted by molar-refractivity contribution is 9.10. The van der Waals surface area contributed by atoms with Gasteiger partial charge < -0.3 is 15.6 Å². The molecule has 1 rings (SSSR count). The molecule has 0 aliphatic heterocycles. The largest absolute Gasteiger partial charge is 0.506 e. The Balaban J connectivity index is 3.27. The van der Waals surface area contributed by atoms with Crippen molar-refractivity contribution in [1.82, 2.24) is 0 Å². The maximum absolute atomic E-state index is 9.97. The van der Waals surface area contributed by atoms with Gasteiger partial charge >= 0.3 is 0 Å². The third kappa shape index (κ3) is 2.68. The van der Waals surface area contributed by atoms with Crippen LogP contribution in [0.5, 0.6) is 11.5 Å². The summed E-state index contributed by atoms with van der Waals surface area (Å²) in [5.74, 6) is 0.864. The summed E-state index contributed by atoms with van der Waals surface area (Å²) in [4.78, 5) is 0. The second-order valence-corrected chi connectivity index (χ2v) is 5.75. The van der Waals surface area contributed by atoms with Crippen molar-refractivity contribution in [1.29, 1.82) is 0 Å². The molecule has 0 heterocycles. The van der Waals surface area contributed by atoms with E-state index in [0.717, 1.165) is 0 Å². The number of rotatable bonds is 2. The molecule has 0 fully saturated rings. The van der Waals surface area contributed by atoms with Crippen LogP contribution in [0.1, 0.15) is 32.4 Å². The van der Waals surface area contributed by atoms with E-state index in [1.54, 1.807) is 19.2 Å². The maximum Gasteiger partial charge on any atom is 0.134 e. The lowest BCUT2D eigenvalue weighted by atomic mass is 9.82. The van der Waals surface area contributed by atoms with Crippen LogP contribution >= 0.6 is 15.9 Å². The van der Waals surface area contributed by atoms with Crippen LogP contribution in [0.4, 0.5) is 0 Å². The second-order valence-electron chi connectivity index (χ2n) is 4.89. The second kappa shape index (κ2) is 4.63. The van der Waals surface area contributed by atoms with Crippen LogP contribution in [-0.2, 0) is 0 Å². The van der Waals surface area contributed by atoms with Crippen molar-refractivity contribution in [2.45, 2.75) is 26.8 Å². The fourth-order valence-corrected chi connectivity index (χ4v) is 1.87. The first-order valence-corrected chi connectivity index (χ1v) is 5.88. The Hall–Kier alpha value is -0.740. The molecule has 3 nitrogen and oxygen atoms in total. The van der Waals surface area contributed by atoms with E-state index in [9.17, 15) is 5.11 Å². The molecule has 1 aromatic rings. The first-order valence-electron chi connectivity index (χ1n) is 5.09. The summed E-state index contributed by atoms with van der Waals surface area (Å²) in [7, 11) is 1.59. The number of benzene rings is 1. The monoisotopic (exact) mass is 287 g/mol. The van der Waals surface area contributed by atoms with E-state index >= 15 is 0 Å². The van der Waals surface area contributed by atoms with Crippen molar-refractivity contribution in [2.75, 3.05) is 7.11 Å². The standard InChI is InChI=1S/C12H18BrNO2/c1-12(2,3)11(14)8-5-7(16-4)6-9(13)10(8)15/h5-6,11,15H,14H2,1-4H3/t11-/m0/s1. The van der Waals surface area contributed by atoms with Gasteiger partial charge in [0.15, 0.2) is 0 Å². The number of halogens is 1. The Morgan fingerprint density at radius 2 is 1.94 bits per heavy atom. The van der Waals surface area contributed by atoms with E-state index in [2.05, 4.69) is 15.9 Å². The zero-order valence-electron chi connectivity index (χ0n) is 10.0. The molecular weight excluding hydrogens is 270 g/mol. The Labute approximate surface area is 105 Å². The van der Waals surface area contributed by atoms with Crippen LogP contribution in [0.25, 0.3) is 0 Å². The first-order chi connectivity index (χ1) is 7.27. The summed E-state index contributed by atoms with van der Waals surface area (Å²) in [6, 6.07) is 3.24.